The van der Waals surface area contributed by atoms with Crippen molar-refractivity contribution in [3.63, 3.8) is 0 Å². The van der Waals surface area contributed by atoms with E-state index < -0.39 is 43.1 Å². The van der Waals surface area contributed by atoms with E-state index in [1.54, 1.807) is 0 Å². The molecule has 1 saturated heterocycles. The van der Waals surface area contributed by atoms with Crippen molar-refractivity contribution < 1.29 is 35.1 Å². The molecule has 0 radical (unpaired) electrons. The minimum absolute atomic E-state index is 0.738. The summed E-state index contributed by atoms with van der Waals surface area (Å²) in [6.07, 6.45) is -7.90. The minimum Gasteiger partial charge on any atom is -0.455 e. The minimum atomic E-state index is -1.72. The number of hydrogen-bond acceptors (Lipinski definition) is 7. The summed E-state index contributed by atoms with van der Waals surface area (Å²) in [5, 5.41) is 44.9. The van der Waals surface area contributed by atoms with E-state index in [0.717, 1.165) is 0 Å². The van der Waals surface area contributed by atoms with Gasteiger partial charge in [0.05, 0.1) is 6.61 Å². The lowest BCUT2D eigenvalue weighted by molar-refractivity contribution is -0.155. The predicted molar refractivity (Wildman–Crippen MR) is 41.0 cm³/mol. The van der Waals surface area contributed by atoms with Crippen LogP contribution in [0.5, 0.6) is 0 Å². The Morgan fingerprint density at radius 3 is 2.29 bits per heavy atom. The average Bonchev–Trinajstić information content (AvgIpc) is 2.43. The fourth-order valence-electron chi connectivity index (χ4n) is 1.19. The molecule has 0 saturated carbocycles. The van der Waals surface area contributed by atoms with Gasteiger partial charge in [0.1, 0.15) is 18.3 Å². The summed E-state index contributed by atoms with van der Waals surface area (Å²) in [6, 6.07) is 0. The maximum absolute atomic E-state index is 10.7. The van der Waals surface area contributed by atoms with Crippen LogP contribution in [0.15, 0.2) is 0 Å². The molecular formula is C7H12O7. The second-order valence-corrected chi connectivity index (χ2v) is 3.08. The molecule has 1 aliphatic heterocycles. The number of cyclic esters (lactones) is 1. The van der Waals surface area contributed by atoms with E-state index >= 15 is 0 Å². The Balaban J connectivity index is 2.66. The van der Waals surface area contributed by atoms with E-state index in [9.17, 15) is 15.0 Å². The zero-order valence-corrected chi connectivity index (χ0v) is 7.15. The largest absolute Gasteiger partial charge is 0.455 e. The Hall–Kier alpha value is -0.730. The van der Waals surface area contributed by atoms with Crippen LogP contribution >= 0.6 is 0 Å². The van der Waals surface area contributed by atoms with Crippen molar-refractivity contribution in [2.75, 3.05) is 6.61 Å². The summed E-state index contributed by atoms with van der Waals surface area (Å²) in [5.41, 5.74) is 0. The van der Waals surface area contributed by atoms with Crippen LogP contribution in [0.2, 0.25) is 0 Å². The van der Waals surface area contributed by atoms with Crippen molar-refractivity contribution in [2.24, 2.45) is 0 Å². The molecule has 7 heteroatoms. The molecule has 1 rings (SSSR count). The Labute approximate surface area is 79.2 Å². The van der Waals surface area contributed by atoms with Gasteiger partial charge in [-0.1, -0.05) is 0 Å². The van der Waals surface area contributed by atoms with Gasteiger partial charge in [0.15, 0.2) is 12.2 Å². The van der Waals surface area contributed by atoms with Crippen molar-refractivity contribution >= 4 is 5.97 Å². The number of carbonyl (C=O) groups is 1. The third-order valence-electron chi connectivity index (χ3n) is 2.07. The van der Waals surface area contributed by atoms with Crippen LogP contribution in [0, 0.1) is 0 Å². The molecule has 5 N–H and O–H groups in total. The van der Waals surface area contributed by atoms with Crippen molar-refractivity contribution in [1.82, 2.24) is 0 Å². The van der Waals surface area contributed by atoms with Crippen LogP contribution in [0.3, 0.4) is 0 Å². The Kier molecular flexibility index (Phi) is 3.40. The number of aliphatic hydroxyl groups is 5. The van der Waals surface area contributed by atoms with E-state index in [0.29, 0.717) is 0 Å². The fourth-order valence-corrected chi connectivity index (χ4v) is 1.19. The molecule has 0 aliphatic carbocycles. The molecule has 5 atom stereocenters. The molecule has 0 unspecified atom stereocenters. The zero-order valence-electron chi connectivity index (χ0n) is 7.15. The molecule has 0 spiro atoms. The summed E-state index contributed by atoms with van der Waals surface area (Å²) in [7, 11) is 0. The van der Waals surface area contributed by atoms with Crippen LogP contribution in [-0.2, 0) is 9.53 Å². The number of esters is 1. The Bertz CT molecular complexity index is 218. The highest BCUT2D eigenvalue weighted by molar-refractivity contribution is 5.77. The van der Waals surface area contributed by atoms with Gasteiger partial charge < -0.3 is 30.3 Å². The second-order valence-electron chi connectivity index (χ2n) is 3.08. The molecule has 14 heavy (non-hydrogen) atoms. The summed E-state index contributed by atoms with van der Waals surface area (Å²) in [5.74, 6) is -1.06. The van der Waals surface area contributed by atoms with Gasteiger partial charge in [-0.2, -0.15) is 0 Å². The number of rotatable bonds is 3. The third kappa shape index (κ3) is 1.86. The lowest BCUT2D eigenvalue weighted by Crippen LogP contribution is -2.46. The SMILES string of the molecule is O=C1O[C@@H]([C@H](O)[C@@H](O)CO)[C@H](O)[C@@H]1O. The molecule has 0 amide bonds. The molecule has 1 heterocycles. The van der Waals surface area contributed by atoms with E-state index in [2.05, 4.69) is 4.74 Å². The first-order valence-corrected chi connectivity index (χ1v) is 4.02. The summed E-state index contributed by atoms with van der Waals surface area (Å²) >= 11 is 0. The summed E-state index contributed by atoms with van der Waals surface area (Å²) in [6.45, 7) is -0.738. The smallest absolute Gasteiger partial charge is 0.338 e. The van der Waals surface area contributed by atoms with Crippen molar-refractivity contribution in [3.8, 4) is 0 Å². The number of hydrogen-bond donors (Lipinski definition) is 5. The van der Waals surface area contributed by atoms with Gasteiger partial charge in [0.2, 0.25) is 0 Å². The van der Waals surface area contributed by atoms with E-state index in [-0.39, 0.29) is 0 Å². The summed E-state index contributed by atoms with van der Waals surface area (Å²) in [4.78, 5) is 10.7. The van der Waals surface area contributed by atoms with Crippen molar-refractivity contribution in [2.45, 2.75) is 30.5 Å². The first-order chi connectivity index (χ1) is 6.49. The number of ether oxygens (including phenoxy) is 1. The first-order valence-electron chi connectivity index (χ1n) is 4.02. The van der Waals surface area contributed by atoms with Crippen LogP contribution in [-0.4, -0.2) is 68.6 Å². The topological polar surface area (TPSA) is 127 Å². The number of aliphatic hydroxyl groups excluding tert-OH is 5. The molecule has 1 fully saturated rings. The number of carbonyl (C=O) groups excluding carboxylic acids is 1. The lowest BCUT2D eigenvalue weighted by Gasteiger charge is -2.23. The van der Waals surface area contributed by atoms with E-state index in [1.165, 1.54) is 0 Å². The maximum Gasteiger partial charge on any atom is 0.338 e. The molecule has 0 aromatic carbocycles. The van der Waals surface area contributed by atoms with Gasteiger partial charge in [-0.15, -0.1) is 0 Å². The fraction of sp³-hybridized carbons (Fsp3) is 0.857. The summed E-state index contributed by atoms with van der Waals surface area (Å²) < 4.78 is 4.41. The van der Waals surface area contributed by atoms with Crippen molar-refractivity contribution in [1.29, 1.82) is 0 Å². The van der Waals surface area contributed by atoms with E-state index in [4.69, 9.17) is 15.3 Å². The monoisotopic (exact) mass is 208 g/mol. The third-order valence-corrected chi connectivity index (χ3v) is 2.07. The predicted octanol–water partition coefficient (Wildman–Crippen LogP) is -3.65. The maximum atomic E-state index is 10.7. The van der Waals surface area contributed by atoms with Crippen LogP contribution in [0.25, 0.3) is 0 Å². The molecule has 0 aromatic rings. The van der Waals surface area contributed by atoms with Crippen molar-refractivity contribution in [3.05, 3.63) is 0 Å². The molecule has 0 bridgehead atoms. The van der Waals surface area contributed by atoms with Gasteiger partial charge in [-0.05, 0) is 0 Å². The van der Waals surface area contributed by atoms with Gasteiger partial charge in [0, 0.05) is 0 Å². The van der Waals surface area contributed by atoms with Gasteiger partial charge in [-0.3, -0.25) is 0 Å². The Morgan fingerprint density at radius 2 is 1.93 bits per heavy atom. The molecular weight excluding hydrogens is 196 g/mol. The van der Waals surface area contributed by atoms with E-state index in [1.807, 2.05) is 0 Å². The van der Waals surface area contributed by atoms with Gasteiger partial charge in [0.25, 0.3) is 0 Å². The highest BCUT2D eigenvalue weighted by Crippen LogP contribution is 2.20. The van der Waals surface area contributed by atoms with Gasteiger partial charge in [-0.25, -0.2) is 4.79 Å². The Morgan fingerprint density at radius 1 is 1.36 bits per heavy atom. The standard InChI is InChI=1S/C7H12O7/c8-1-2(9)3(10)6-4(11)5(12)7(13)14-6/h2-6,8-12H,1H2/t2-,3+,4+,5-,6-/m0/s1. The van der Waals surface area contributed by atoms with Crippen LogP contribution in [0.1, 0.15) is 0 Å². The highest BCUT2D eigenvalue weighted by atomic mass is 16.6. The zero-order chi connectivity index (χ0) is 10.9. The molecule has 7 nitrogen and oxygen atoms in total. The lowest BCUT2D eigenvalue weighted by atomic mass is 10.0. The highest BCUT2D eigenvalue weighted by Gasteiger charge is 2.47. The second kappa shape index (κ2) is 4.20. The normalized spacial score (nSPS) is 36.6. The molecule has 82 valence electrons. The molecule has 1 aliphatic rings. The first kappa shape index (κ1) is 11.3. The molecule has 0 aromatic heterocycles. The quantitative estimate of drug-likeness (QED) is 0.302. The van der Waals surface area contributed by atoms with Crippen LogP contribution in [0.4, 0.5) is 0 Å². The van der Waals surface area contributed by atoms with Crippen LogP contribution < -0.4 is 0 Å². The average molecular weight is 208 g/mol. The van der Waals surface area contributed by atoms with Gasteiger partial charge >= 0.3 is 5.97 Å².